The van der Waals surface area contributed by atoms with Crippen LogP contribution in [0.4, 0.5) is 17.6 Å². The van der Waals surface area contributed by atoms with Gasteiger partial charge in [0.2, 0.25) is 0 Å². The van der Waals surface area contributed by atoms with Crippen LogP contribution in [0, 0.1) is 5.82 Å². The zero-order chi connectivity index (χ0) is 10.8. The first-order valence-corrected chi connectivity index (χ1v) is 3.94. The van der Waals surface area contributed by atoms with Crippen molar-refractivity contribution in [2.75, 3.05) is 0 Å². The quantitative estimate of drug-likeness (QED) is 0.609. The highest BCUT2D eigenvalue weighted by Gasteiger charge is 2.32. The van der Waals surface area contributed by atoms with Crippen molar-refractivity contribution in [2.45, 2.75) is 13.1 Å². The summed E-state index contributed by atoms with van der Waals surface area (Å²) in [6.07, 6.45) is -1.75. The molecule has 1 rings (SSSR count). The highest BCUT2D eigenvalue weighted by atomic mass is 19.4. The molecule has 0 radical (unpaired) electrons. The predicted octanol–water partition coefficient (Wildman–Crippen LogP) is 3.88. The molecule has 0 aliphatic rings. The average molecular weight is 204 g/mol. The van der Waals surface area contributed by atoms with Crippen LogP contribution in [0.5, 0.6) is 0 Å². The molecule has 0 aliphatic heterocycles. The van der Waals surface area contributed by atoms with Gasteiger partial charge in [-0.2, -0.15) is 13.2 Å². The summed E-state index contributed by atoms with van der Waals surface area (Å²) in [4.78, 5) is 0. The Hall–Kier alpha value is -1.32. The summed E-state index contributed by atoms with van der Waals surface area (Å²) in [5, 5.41) is 0. The van der Waals surface area contributed by atoms with Crippen LogP contribution in [-0.4, -0.2) is 0 Å². The minimum atomic E-state index is -4.52. The summed E-state index contributed by atoms with van der Waals surface area (Å²) in [6.45, 7) is 1.60. The van der Waals surface area contributed by atoms with E-state index >= 15 is 0 Å². The SMILES string of the molecule is C/C=C/c1ccc(F)cc1C(F)(F)F. The molecular formula is C10H8F4. The van der Waals surface area contributed by atoms with Gasteiger partial charge in [-0.15, -0.1) is 0 Å². The van der Waals surface area contributed by atoms with Crippen molar-refractivity contribution in [3.8, 4) is 0 Å². The lowest BCUT2D eigenvalue weighted by molar-refractivity contribution is -0.137. The molecule has 0 aliphatic carbocycles. The minimum absolute atomic E-state index is 0.0265. The highest BCUT2D eigenvalue weighted by Crippen LogP contribution is 2.32. The van der Waals surface area contributed by atoms with E-state index in [9.17, 15) is 17.6 Å². The van der Waals surface area contributed by atoms with Gasteiger partial charge < -0.3 is 0 Å². The third-order valence-electron chi connectivity index (χ3n) is 1.67. The molecule has 4 heteroatoms. The Bertz CT molecular complexity index is 350. The standard InChI is InChI=1S/C10H8F4/c1-2-3-7-4-5-8(11)6-9(7)10(12,13)14/h2-6H,1H3/b3-2+. The van der Waals surface area contributed by atoms with Gasteiger partial charge in [0.25, 0.3) is 0 Å². The Balaban J connectivity index is 3.30. The van der Waals surface area contributed by atoms with E-state index in [0.29, 0.717) is 6.07 Å². The summed E-state index contributed by atoms with van der Waals surface area (Å²) in [5.74, 6) is -0.884. The largest absolute Gasteiger partial charge is 0.417 e. The molecule has 76 valence electrons. The van der Waals surface area contributed by atoms with Crippen molar-refractivity contribution in [1.82, 2.24) is 0 Å². The van der Waals surface area contributed by atoms with Gasteiger partial charge in [0, 0.05) is 0 Å². The molecule has 0 fully saturated rings. The molecular weight excluding hydrogens is 196 g/mol. The molecule has 0 atom stereocenters. The fourth-order valence-electron chi connectivity index (χ4n) is 1.10. The topological polar surface area (TPSA) is 0 Å². The molecule has 0 saturated carbocycles. The fraction of sp³-hybridized carbons (Fsp3) is 0.200. The summed E-state index contributed by atoms with van der Waals surface area (Å²) in [6, 6.07) is 2.61. The van der Waals surface area contributed by atoms with Crippen molar-refractivity contribution in [3.05, 3.63) is 41.2 Å². The first-order chi connectivity index (χ1) is 6.45. The first-order valence-electron chi connectivity index (χ1n) is 3.94. The predicted molar refractivity (Wildman–Crippen MR) is 46.1 cm³/mol. The summed E-state index contributed by atoms with van der Waals surface area (Å²) >= 11 is 0. The molecule has 0 heterocycles. The lowest BCUT2D eigenvalue weighted by Crippen LogP contribution is -2.07. The van der Waals surface area contributed by atoms with Gasteiger partial charge in [0.1, 0.15) is 5.82 Å². The van der Waals surface area contributed by atoms with Crippen LogP contribution in [0.1, 0.15) is 18.1 Å². The van der Waals surface area contributed by atoms with Gasteiger partial charge in [-0.1, -0.05) is 18.2 Å². The number of allylic oxidation sites excluding steroid dienone is 1. The summed E-state index contributed by atoms with van der Waals surface area (Å²) in [7, 11) is 0. The molecule has 0 saturated heterocycles. The van der Waals surface area contributed by atoms with Crippen molar-refractivity contribution in [2.24, 2.45) is 0 Å². The van der Waals surface area contributed by atoms with Gasteiger partial charge in [0.15, 0.2) is 0 Å². The second-order valence-electron chi connectivity index (χ2n) is 2.73. The highest BCUT2D eigenvalue weighted by molar-refractivity contribution is 5.54. The maximum atomic E-state index is 12.6. The number of benzene rings is 1. The molecule has 0 N–H and O–H groups in total. The Morgan fingerprint density at radius 2 is 1.86 bits per heavy atom. The van der Waals surface area contributed by atoms with Crippen LogP contribution in [-0.2, 0) is 6.18 Å². The van der Waals surface area contributed by atoms with E-state index in [4.69, 9.17) is 0 Å². The van der Waals surface area contributed by atoms with Crippen LogP contribution in [0.2, 0.25) is 0 Å². The van der Waals surface area contributed by atoms with Gasteiger partial charge in [-0.25, -0.2) is 4.39 Å². The maximum Gasteiger partial charge on any atom is 0.417 e. The van der Waals surface area contributed by atoms with Crippen molar-refractivity contribution < 1.29 is 17.6 Å². The molecule has 0 unspecified atom stereocenters. The van der Waals surface area contributed by atoms with E-state index in [1.807, 2.05) is 0 Å². The second-order valence-corrected chi connectivity index (χ2v) is 2.73. The van der Waals surface area contributed by atoms with Gasteiger partial charge in [0.05, 0.1) is 5.56 Å². The third-order valence-corrected chi connectivity index (χ3v) is 1.67. The van der Waals surface area contributed by atoms with Gasteiger partial charge >= 0.3 is 6.18 Å². The minimum Gasteiger partial charge on any atom is -0.207 e. The average Bonchev–Trinajstić information content (AvgIpc) is 2.07. The Morgan fingerprint density at radius 3 is 2.36 bits per heavy atom. The zero-order valence-corrected chi connectivity index (χ0v) is 7.40. The van der Waals surface area contributed by atoms with Gasteiger partial charge in [-0.05, 0) is 24.6 Å². The lowest BCUT2D eigenvalue weighted by Gasteiger charge is -2.09. The molecule has 1 aromatic rings. The van der Waals surface area contributed by atoms with Crippen LogP contribution in [0.3, 0.4) is 0 Å². The summed E-state index contributed by atoms with van der Waals surface area (Å²) in [5.41, 5.74) is -0.975. The van der Waals surface area contributed by atoms with E-state index in [1.165, 1.54) is 12.2 Å². The molecule has 0 nitrogen and oxygen atoms in total. The van der Waals surface area contributed by atoms with E-state index in [-0.39, 0.29) is 5.56 Å². The smallest absolute Gasteiger partial charge is 0.207 e. The van der Waals surface area contributed by atoms with Crippen molar-refractivity contribution >= 4 is 6.08 Å². The van der Waals surface area contributed by atoms with E-state index in [1.54, 1.807) is 6.92 Å². The van der Waals surface area contributed by atoms with Gasteiger partial charge in [-0.3, -0.25) is 0 Å². The molecule has 0 spiro atoms. The fourth-order valence-corrected chi connectivity index (χ4v) is 1.10. The number of alkyl halides is 3. The molecule has 14 heavy (non-hydrogen) atoms. The maximum absolute atomic E-state index is 12.6. The number of hydrogen-bond acceptors (Lipinski definition) is 0. The Kier molecular flexibility index (Phi) is 2.93. The molecule has 0 bridgehead atoms. The van der Waals surface area contributed by atoms with Crippen LogP contribution < -0.4 is 0 Å². The number of rotatable bonds is 1. The lowest BCUT2D eigenvalue weighted by atomic mass is 10.1. The normalized spacial score (nSPS) is 12.4. The zero-order valence-electron chi connectivity index (χ0n) is 7.40. The first kappa shape index (κ1) is 10.8. The van der Waals surface area contributed by atoms with Crippen LogP contribution in [0.15, 0.2) is 24.3 Å². The van der Waals surface area contributed by atoms with E-state index in [2.05, 4.69) is 0 Å². The van der Waals surface area contributed by atoms with Crippen LogP contribution >= 0.6 is 0 Å². The number of halogens is 4. The van der Waals surface area contributed by atoms with E-state index in [0.717, 1.165) is 12.1 Å². The summed E-state index contributed by atoms with van der Waals surface area (Å²) < 4.78 is 49.6. The number of hydrogen-bond donors (Lipinski definition) is 0. The molecule has 0 aromatic heterocycles. The monoisotopic (exact) mass is 204 g/mol. The molecule has 0 amide bonds. The van der Waals surface area contributed by atoms with Crippen LogP contribution in [0.25, 0.3) is 6.08 Å². The Morgan fingerprint density at radius 1 is 1.21 bits per heavy atom. The van der Waals surface area contributed by atoms with Crippen molar-refractivity contribution in [3.63, 3.8) is 0 Å². The molecule has 1 aromatic carbocycles. The third kappa shape index (κ3) is 2.34. The Labute approximate surface area is 78.9 Å². The van der Waals surface area contributed by atoms with Crippen molar-refractivity contribution in [1.29, 1.82) is 0 Å². The van der Waals surface area contributed by atoms with E-state index < -0.39 is 17.6 Å². The second kappa shape index (κ2) is 3.82.